The Bertz CT molecular complexity index is 877. The Kier molecular flexibility index (Phi) is 7.03. The topological polar surface area (TPSA) is 63.5 Å². The van der Waals surface area contributed by atoms with Gasteiger partial charge in [-0.25, -0.2) is 4.79 Å². The van der Waals surface area contributed by atoms with Crippen LogP contribution >= 0.6 is 11.6 Å². The van der Waals surface area contributed by atoms with E-state index in [1.807, 2.05) is 52.0 Å². The van der Waals surface area contributed by atoms with Crippen molar-refractivity contribution >= 4 is 17.7 Å². The number of carbonyl (C=O) groups excluding carboxylic acids is 1. The van der Waals surface area contributed by atoms with Gasteiger partial charge in [0.1, 0.15) is 17.2 Å². The zero-order valence-electron chi connectivity index (χ0n) is 18.6. The molecule has 0 N–H and O–H groups in total. The maximum Gasteiger partial charge on any atom is 0.410 e. The van der Waals surface area contributed by atoms with Crippen LogP contribution in [-0.2, 0) is 17.8 Å². The summed E-state index contributed by atoms with van der Waals surface area (Å²) in [4.78, 5) is 16.8. The summed E-state index contributed by atoms with van der Waals surface area (Å²) in [6, 6.07) is 7.78. The Morgan fingerprint density at radius 2 is 1.97 bits per heavy atom. The van der Waals surface area contributed by atoms with Gasteiger partial charge in [-0.05, 0) is 45.7 Å². The molecular formula is C22H32ClN5O2. The van der Waals surface area contributed by atoms with E-state index in [0.717, 1.165) is 30.2 Å². The first-order chi connectivity index (χ1) is 14.2. The van der Waals surface area contributed by atoms with Crippen LogP contribution in [-0.4, -0.2) is 55.9 Å². The molecule has 1 atom stereocenters. The number of aryl methyl sites for hydroxylation is 1. The highest BCUT2D eigenvalue weighted by Gasteiger charge is 2.34. The summed E-state index contributed by atoms with van der Waals surface area (Å²) in [5.41, 5.74) is 0.480. The third-order valence-corrected chi connectivity index (χ3v) is 5.56. The lowest BCUT2D eigenvalue weighted by atomic mass is 10.0. The monoisotopic (exact) mass is 433 g/mol. The summed E-state index contributed by atoms with van der Waals surface area (Å²) >= 11 is 6.55. The van der Waals surface area contributed by atoms with Crippen LogP contribution in [0.4, 0.5) is 4.79 Å². The van der Waals surface area contributed by atoms with Crippen LogP contribution in [0.15, 0.2) is 24.3 Å². The molecule has 30 heavy (non-hydrogen) atoms. The second-order valence-corrected chi connectivity index (χ2v) is 9.16. The summed E-state index contributed by atoms with van der Waals surface area (Å²) in [6.07, 6.45) is 0.732. The van der Waals surface area contributed by atoms with Crippen LogP contribution in [0.3, 0.4) is 0 Å². The largest absolute Gasteiger partial charge is 0.444 e. The Hall–Kier alpha value is -2.12. The van der Waals surface area contributed by atoms with Gasteiger partial charge in [0.2, 0.25) is 0 Å². The fourth-order valence-electron chi connectivity index (χ4n) is 3.78. The van der Waals surface area contributed by atoms with E-state index in [1.165, 1.54) is 0 Å². The SMILES string of the molecule is CCCn1c(C)nnc1CN1CCN(C(=O)OC(C)(C)C)C[C@@H]1c1ccccc1Cl. The number of aromatic nitrogens is 3. The molecule has 1 amide bonds. The van der Waals surface area contributed by atoms with E-state index in [-0.39, 0.29) is 12.1 Å². The smallest absolute Gasteiger partial charge is 0.410 e. The zero-order valence-corrected chi connectivity index (χ0v) is 19.3. The number of nitrogens with zero attached hydrogens (tertiary/aromatic N) is 5. The molecule has 7 nitrogen and oxygen atoms in total. The quantitative estimate of drug-likeness (QED) is 0.697. The van der Waals surface area contributed by atoms with Crippen molar-refractivity contribution in [2.24, 2.45) is 0 Å². The third kappa shape index (κ3) is 5.32. The summed E-state index contributed by atoms with van der Waals surface area (Å²) < 4.78 is 7.78. The first-order valence-corrected chi connectivity index (χ1v) is 10.9. The molecule has 0 saturated carbocycles. The van der Waals surface area contributed by atoms with Crippen LogP contribution < -0.4 is 0 Å². The van der Waals surface area contributed by atoms with Crippen molar-refractivity contribution in [2.45, 2.75) is 65.8 Å². The van der Waals surface area contributed by atoms with Crippen LogP contribution in [0.25, 0.3) is 0 Å². The molecule has 0 bridgehead atoms. The lowest BCUT2D eigenvalue weighted by molar-refractivity contribution is 0.00146. The summed E-state index contributed by atoms with van der Waals surface area (Å²) in [5, 5.41) is 9.39. The number of hydrogen-bond acceptors (Lipinski definition) is 5. The third-order valence-electron chi connectivity index (χ3n) is 5.21. The van der Waals surface area contributed by atoms with Gasteiger partial charge in [0.15, 0.2) is 0 Å². The summed E-state index contributed by atoms with van der Waals surface area (Å²) in [7, 11) is 0. The van der Waals surface area contributed by atoms with Gasteiger partial charge >= 0.3 is 6.09 Å². The van der Waals surface area contributed by atoms with Crippen LogP contribution in [0.2, 0.25) is 5.02 Å². The zero-order chi connectivity index (χ0) is 21.9. The molecule has 8 heteroatoms. The first kappa shape index (κ1) is 22.6. The molecular weight excluding hydrogens is 402 g/mol. The average Bonchev–Trinajstić information content (AvgIpc) is 3.01. The van der Waals surface area contributed by atoms with Gasteiger partial charge in [-0.1, -0.05) is 36.7 Å². The molecule has 1 aliphatic heterocycles. The van der Waals surface area contributed by atoms with Crippen LogP contribution in [0.5, 0.6) is 0 Å². The molecule has 164 valence electrons. The number of amides is 1. The molecule has 3 rings (SSSR count). The number of benzene rings is 1. The van der Waals surface area contributed by atoms with E-state index >= 15 is 0 Å². The highest BCUT2D eigenvalue weighted by Crippen LogP contribution is 2.32. The number of halogens is 1. The van der Waals surface area contributed by atoms with Crippen LogP contribution in [0.1, 0.15) is 57.4 Å². The Morgan fingerprint density at radius 3 is 2.63 bits per heavy atom. The molecule has 1 aromatic carbocycles. The molecule has 0 radical (unpaired) electrons. The van der Waals surface area contributed by atoms with Gasteiger partial charge in [0, 0.05) is 31.2 Å². The fourth-order valence-corrected chi connectivity index (χ4v) is 4.04. The van der Waals surface area contributed by atoms with Gasteiger partial charge in [0.25, 0.3) is 0 Å². The highest BCUT2D eigenvalue weighted by molar-refractivity contribution is 6.31. The van der Waals surface area contributed by atoms with Gasteiger partial charge < -0.3 is 14.2 Å². The standard InChI is InChI=1S/C22H32ClN5O2/c1-6-11-28-16(2)24-25-20(28)15-26-12-13-27(21(29)30-22(3,4)5)14-19(26)17-9-7-8-10-18(17)23/h7-10,19H,6,11-15H2,1-5H3/t19-/m1/s1. The lowest BCUT2D eigenvalue weighted by Gasteiger charge is -2.42. The van der Waals surface area contributed by atoms with Crippen molar-refractivity contribution in [3.8, 4) is 0 Å². The van der Waals surface area contributed by atoms with E-state index in [1.54, 1.807) is 4.90 Å². The van der Waals surface area contributed by atoms with Crippen molar-refractivity contribution in [2.75, 3.05) is 19.6 Å². The Balaban J connectivity index is 1.86. The van der Waals surface area contributed by atoms with E-state index in [9.17, 15) is 4.79 Å². The molecule has 0 unspecified atom stereocenters. The van der Waals surface area contributed by atoms with Gasteiger partial charge in [-0.15, -0.1) is 10.2 Å². The van der Waals surface area contributed by atoms with Gasteiger partial charge in [-0.3, -0.25) is 4.90 Å². The maximum absolute atomic E-state index is 12.7. The Labute approximate surface area is 184 Å². The Morgan fingerprint density at radius 1 is 1.23 bits per heavy atom. The van der Waals surface area contributed by atoms with E-state index in [2.05, 4.69) is 26.6 Å². The molecule has 1 aliphatic rings. The number of rotatable bonds is 5. The maximum atomic E-state index is 12.7. The molecule has 1 saturated heterocycles. The lowest BCUT2D eigenvalue weighted by Crippen LogP contribution is -2.51. The van der Waals surface area contributed by atoms with Gasteiger partial charge in [-0.2, -0.15) is 0 Å². The second-order valence-electron chi connectivity index (χ2n) is 8.75. The van der Waals surface area contributed by atoms with Crippen molar-refractivity contribution in [1.82, 2.24) is 24.6 Å². The summed E-state index contributed by atoms with van der Waals surface area (Å²) in [6.45, 7) is 13.1. The molecule has 0 spiro atoms. The van der Waals surface area contributed by atoms with Crippen LogP contribution in [0, 0.1) is 6.92 Å². The molecule has 2 aromatic rings. The molecule has 1 fully saturated rings. The minimum absolute atomic E-state index is 0.0490. The van der Waals surface area contributed by atoms with E-state index in [0.29, 0.717) is 31.2 Å². The van der Waals surface area contributed by atoms with Crippen molar-refractivity contribution < 1.29 is 9.53 Å². The predicted molar refractivity (Wildman–Crippen MR) is 117 cm³/mol. The van der Waals surface area contributed by atoms with Gasteiger partial charge in [0.05, 0.1) is 12.6 Å². The van der Waals surface area contributed by atoms with E-state index < -0.39 is 5.60 Å². The predicted octanol–water partition coefficient (Wildman–Crippen LogP) is 4.44. The fraction of sp³-hybridized carbons (Fsp3) is 0.591. The van der Waals surface area contributed by atoms with Crippen molar-refractivity contribution in [3.05, 3.63) is 46.5 Å². The minimum Gasteiger partial charge on any atom is -0.444 e. The number of hydrogen-bond donors (Lipinski definition) is 0. The molecule has 2 heterocycles. The minimum atomic E-state index is -0.526. The number of carbonyl (C=O) groups is 1. The van der Waals surface area contributed by atoms with Crippen molar-refractivity contribution in [3.63, 3.8) is 0 Å². The van der Waals surface area contributed by atoms with Crippen molar-refractivity contribution in [1.29, 1.82) is 0 Å². The number of piperazine rings is 1. The van der Waals surface area contributed by atoms with E-state index in [4.69, 9.17) is 16.3 Å². The summed E-state index contributed by atoms with van der Waals surface area (Å²) in [5.74, 6) is 1.87. The highest BCUT2D eigenvalue weighted by atomic mass is 35.5. The second kappa shape index (κ2) is 9.35. The molecule has 1 aromatic heterocycles. The first-order valence-electron chi connectivity index (χ1n) is 10.5. The number of ether oxygens (including phenoxy) is 1. The molecule has 0 aliphatic carbocycles. The average molecular weight is 434 g/mol. The normalized spacial score (nSPS) is 17.9.